The number of nitrogens with zero attached hydrogens (tertiary/aromatic N) is 6. The molecule has 8 nitrogen and oxygen atoms in total. The zero-order valence-electron chi connectivity index (χ0n) is 13.8. The largest absolute Gasteiger partial charge is 0.386 e. The number of anilines is 1. The van der Waals surface area contributed by atoms with E-state index < -0.39 is 5.60 Å². The molecule has 3 rings (SSSR count). The molecule has 0 spiro atoms. The third-order valence-electron chi connectivity index (χ3n) is 4.08. The molecule has 8 heteroatoms. The van der Waals surface area contributed by atoms with Gasteiger partial charge in [0.25, 0.3) is 5.91 Å². The summed E-state index contributed by atoms with van der Waals surface area (Å²) in [4.78, 5) is 32.3. The molecule has 126 valence electrons. The molecule has 0 radical (unpaired) electrons. The van der Waals surface area contributed by atoms with Gasteiger partial charge in [0.05, 0.1) is 24.6 Å². The molecule has 24 heavy (non-hydrogen) atoms. The van der Waals surface area contributed by atoms with Gasteiger partial charge in [-0.25, -0.2) is 9.97 Å². The lowest BCUT2D eigenvalue weighted by Gasteiger charge is -2.28. The number of carbonyl (C=O) groups is 1. The van der Waals surface area contributed by atoms with Gasteiger partial charge in [0.2, 0.25) is 0 Å². The molecular weight excluding hydrogens is 308 g/mol. The molecule has 1 unspecified atom stereocenters. The van der Waals surface area contributed by atoms with E-state index in [1.54, 1.807) is 31.8 Å². The summed E-state index contributed by atoms with van der Waals surface area (Å²) in [6.45, 7) is 3.11. The van der Waals surface area contributed by atoms with Gasteiger partial charge in [0.1, 0.15) is 17.1 Å². The quantitative estimate of drug-likeness (QED) is 0.861. The highest BCUT2D eigenvalue weighted by Crippen LogP contribution is 2.25. The Morgan fingerprint density at radius 2 is 2.12 bits per heavy atom. The highest BCUT2D eigenvalue weighted by Gasteiger charge is 2.38. The van der Waals surface area contributed by atoms with Crippen molar-refractivity contribution in [2.45, 2.75) is 18.9 Å². The van der Waals surface area contributed by atoms with Crippen LogP contribution in [0.5, 0.6) is 0 Å². The number of rotatable bonds is 4. The Kier molecular flexibility index (Phi) is 4.39. The fourth-order valence-corrected chi connectivity index (χ4v) is 2.85. The molecule has 1 aliphatic rings. The first-order valence-electron chi connectivity index (χ1n) is 7.74. The first-order valence-corrected chi connectivity index (χ1v) is 7.74. The lowest BCUT2D eigenvalue weighted by molar-refractivity contribution is 0.0261. The SMILES string of the molecule is Cc1cnc(C(=O)N(C)CC2(O)CCN(c3cnccn3)C2)cn1. The standard InChI is InChI=1S/C16H20N6O2/c1-12-7-20-13(8-19-12)15(23)21(2)10-16(24)3-6-22(11-16)14-9-17-4-5-18-14/h4-5,7-9,24H,3,6,10-11H2,1-2H3. The number of aliphatic hydroxyl groups is 1. The third-order valence-corrected chi connectivity index (χ3v) is 4.08. The number of hydrogen-bond donors (Lipinski definition) is 1. The van der Waals surface area contributed by atoms with Crippen molar-refractivity contribution in [2.24, 2.45) is 0 Å². The first-order chi connectivity index (χ1) is 11.5. The lowest BCUT2D eigenvalue weighted by Crippen LogP contribution is -2.46. The Balaban J connectivity index is 1.64. The van der Waals surface area contributed by atoms with Crippen LogP contribution >= 0.6 is 0 Å². The molecule has 2 aromatic rings. The van der Waals surface area contributed by atoms with Gasteiger partial charge in [-0.1, -0.05) is 0 Å². The van der Waals surface area contributed by atoms with Gasteiger partial charge in [-0.05, 0) is 13.3 Å². The number of amides is 1. The minimum absolute atomic E-state index is 0.220. The first kappa shape index (κ1) is 16.3. The second-order valence-corrected chi connectivity index (χ2v) is 6.16. The Labute approximate surface area is 140 Å². The minimum atomic E-state index is -0.986. The van der Waals surface area contributed by atoms with Crippen LogP contribution in [0.4, 0.5) is 5.82 Å². The molecule has 0 aliphatic carbocycles. The molecule has 1 aliphatic heterocycles. The van der Waals surface area contributed by atoms with Crippen LogP contribution in [0.15, 0.2) is 31.0 Å². The van der Waals surface area contributed by atoms with E-state index in [4.69, 9.17) is 0 Å². The van der Waals surface area contributed by atoms with Crippen LogP contribution in [-0.2, 0) is 0 Å². The number of β-amino-alcohol motifs (C(OH)–C–C–N with tert-alkyl or cyclic N) is 1. The van der Waals surface area contributed by atoms with Crippen LogP contribution in [0.3, 0.4) is 0 Å². The van der Waals surface area contributed by atoms with Crippen molar-refractivity contribution in [1.29, 1.82) is 0 Å². The molecule has 1 saturated heterocycles. The number of aryl methyl sites for hydroxylation is 1. The normalized spacial score (nSPS) is 20.2. The third kappa shape index (κ3) is 3.48. The molecule has 2 aromatic heterocycles. The van der Waals surface area contributed by atoms with E-state index in [1.807, 2.05) is 11.8 Å². The van der Waals surface area contributed by atoms with E-state index in [1.165, 1.54) is 11.1 Å². The van der Waals surface area contributed by atoms with Gasteiger partial charge in [0, 0.05) is 38.7 Å². The highest BCUT2D eigenvalue weighted by atomic mass is 16.3. The Morgan fingerprint density at radius 1 is 1.29 bits per heavy atom. The fourth-order valence-electron chi connectivity index (χ4n) is 2.85. The average molecular weight is 328 g/mol. The van der Waals surface area contributed by atoms with E-state index in [9.17, 15) is 9.90 Å². The molecular formula is C16H20N6O2. The van der Waals surface area contributed by atoms with Crippen LogP contribution in [0.2, 0.25) is 0 Å². The van der Waals surface area contributed by atoms with Gasteiger partial charge in [-0.2, -0.15) is 0 Å². The van der Waals surface area contributed by atoms with Gasteiger partial charge in [-0.15, -0.1) is 0 Å². The number of likely N-dealkylation sites (N-methyl/N-ethyl adjacent to an activating group) is 1. The van der Waals surface area contributed by atoms with Crippen molar-refractivity contribution in [3.63, 3.8) is 0 Å². The second kappa shape index (κ2) is 6.48. The van der Waals surface area contributed by atoms with Crippen molar-refractivity contribution in [3.05, 3.63) is 42.4 Å². The molecule has 0 saturated carbocycles. The van der Waals surface area contributed by atoms with E-state index in [-0.39, 0.29) is 18.1 Å². The smallest absolute Gasteiger partial charge is 0.273 e. The topological polar surface area (TPSA) is 95.3 Å². The summed E-state index contributed by atoms with van der Waals surface area (Å²) in [5.74, 6) is 0.473. The molecule has 1 amide bonds. The fraction of sp³-hybridized carbons (Fsp3) is 0.438. The minimum Gasteiger partial charge on any atom is -0.386 e. The predicted molar refractivity (Wildman–Crippen MR) is 87.5 cm³/mol. The van der Waals surface area contributed by atoms with Crippen molar-refractivity contribution in [2.75, 3.05) is 31.6 Å². The predicted octanol–water partition coefficient (Wildman–Crippen LogP) is 0.288. The summed E-state index contributed by atoms with van der Waals surface area (Å²) in [5.41, 5.74) is 0.0405. The number of carbonyl (C=O) groups excluding carboxylic acids is 1. The summed E-state index contributed by atoms with van der Waals surface area (Å²) in [6.07, 6.45) is 8.47. The summed E-state index contributed by atoms with van der Waals surface area (Å²) >= 11 is 0. The summed E-state index contributed by atoms with van der Waals surface area (Å²) in [7, 11) is 1.66. The van der Waals surface area contributed by atoms with Crippen molar-refractivity contribution < 1.29 is 9.90 Å². The zero-order valence-corrected chi connectivity index (χ0v) is 13.8. The van der Waals surface area contributed by atoms with E-state index in [0.717, 1.165) is 11.5 Å². The van der Waals surface area contributed by atoms with Crippen molar-refractivity contribution >= 4 is 11.7 Å². The van der Waals surface area contributed by atoms with Gasteiger partial charge in [0.15, 0.2) is 0 Å². The maximum Gasteiger partial charge on any atom is 0.273 e. The highest BCUT2D eigenvalue weighted by molar-refractivity contribution is 5.91. The summed E-state index contributed by atoms with van der Waals surface area (Å²) < 4.78 is 0. The molecule has 0 aromatic carbocycles. The molecule has 1 fully saturated rings. The lowest BCUT2D eigenvalue weighted by atomic mass is 10.0. The van der Waals surface area contributed by atoms with Crippen molar-refractivity contribution in [3.8, 4) is 0 Å². The van der Waals surface area contributed by atoms with Gasteiger partial charge in [-0.3, -0.25) is 14.8 Å². The molecule has 1 atom stereocenters. The van der Waals surface area contributed by atoms with Crippen molar-refractivity contribution in [1.82, 2.24) is 24.8 Å². The zero-order chi connectivity index (χ0) is 17.2. The summed E-state index contributed by atoms with van der Waals surface area (Å²) in [5, 5.41) is 10.8. The average Bonchev–Trinajstić information content (AvgIpc) is 2.97. The second-order valence-electron chi connectivity index (χ2n) is 6.16. The van der Waals surface area contributed by atoms with Gasteiger partial charge < -0.3 is 14.9 Å². The number of aromatic nitrogens is 4. The van der Waals surface area contributed by atoms with Crippen LogP contribution in [0.25, 0.3) is 0 Å². The van der Waals surface area contributed by atoms with Crippen LogP contribution < -0.4 is 4.90 Å². The van der Waals surface area contributed by atoms with Crippen LogP contribution in [0, 0.1) is 6.92 Å². The number of hydrogen-bond acceptors (Lipinski definition) is 7. The summed E-state index contributed by atoms with van der Waals surface area (Å²) in [6, 6.07) is 0. The Morgan fingerprint density at radius 3 is 2.79 bits per heavy atom. The maximum atomic E-state index is 12.4. The van der Waals surface area contributed by atoms with E-state index >= 15 is 0 Å². The molecule has 3 heterocycles. The van der Waals surface area contributed by atoms with E-state index in [0.29, 0.717) is 19.5 Å². The van der Waals surface area contributed by atoms with Crippen LogP contribution in [0.1, 0.15) is 22.6 Å². The molecule has 1 N–H and O–H groups in total. The maximum absolute atomic E-state index is 12.4. The van der Waals surface area contributed by atoms with Crippen LogP contribution in [-0.4, -0.2) is 68.1 Å². The molecule has 0 bridgehead atoms. The Hall–Kier alpha value is -2.61. The van der Waals surface area contributed by atoms with Gasteiger partial charge >= 0.3 is 0 Å². The Bertz CT molecular complexity index is 708. The van der Waals surface area contributed by atoms with E-state index in [2.05, 4.69) is 19.9 Å². The monoisotopic (exact) mass is 328 g/mol.